The second-order valence-corrected chi connectivity index (χ2v) is 6.85. The highest BCUT2D eigenvalue weighted by Gasteiger charge is 2.26. The molecule has 1 aromatic carbocycles. The normalized spacial score (nSPS) is 12.3. The first-order chi connectivity index (χ1) is 10.0. The molecule has 0 fully saturated rings. The summed E-state index contributed by atoms with van der Waals surface area (Å²) < 4.78 is 26.8. The summed E-state index contributed by atoms with van der Waals surface area (Å²) in [5.41, 5.74) is 6.97. The zero-order valence-corrected chi connectivity index (χ0v) is 12.9. The zero-order chi connectivity index (χ0) is 15.5. The molecule has 4 N–H and O–H groups in total. The van der Waals surface area contributed by atoms with Crippen LogP contribution in [0.1, 0.15) is 19.8 Å². The number of nitrogens with one attached hydrogen (secondary N) is 1. The second-order valence-electron chi connectivity index (χ2n) is 4.94. The zero-order valence-electron chi connectivity index (χ0n) is 12.0. The molecule has 0 aliphatic heterocycles. The fraction of sp³-hybridized carbons (Fsp3) is 0.429. The van der Waals surface area contributed by atoms with Gasteiger partial charge in [0, 0.05) is 35.9 Å². The predicted molar refractivity (Wildman–Crippen MR) is 83.5 cm³/mol. The number of aliphatic hydroxyl groups excluding tert-OH is 1. The number of nitrogen functional groups attached to an aromatic ring is 1. The summed E-state index contributed by atoms with van der Waals surface area (Å²) in [4.78, 5) is 3.16. The molecule has 116 valence electrons. The Hall–Kier alpha value is -1.57. The van der Waals surface area contributed by atoms with Gasteiger partial charge >= 0.3 is 0 Å². The maximum atomic E-state index is 12.8. The van der Waals surface area contributed by atoms with E-state index >= 15 is 0 Å². The molecule has 2 rings (SSSR count). The summed E-state index contributed by atoms with van der Waals surface area (Å²) in [5.74, 6) is 0. The average molecular weight is 311 g/mol. The molecule has 0 spiro atoms. The lowest BCUT2D eigenvalue weighted by Crippen LogP contribution is -2.34. The molecule has 1 heterocycles. The lowest BCUT2D eigenvalue weighted by atomic mass is 10.2. The van der Waals surface area contributed by atoms with Crippen molar-refractivity contribution in [2.45, 2.75) is 24.7 Å². The van der Waals surface area contributed by atoms with Crippen molar-refractivity contribution < 1.29 is 13.5 Å². The van der Waals surface area contributed by atoms with Crippen molar-refractivity contribution >= 4 is 26.6 Å². The van der Waals surface area contributed by atoms with E-state index in [0.29, 0.717) is 23.1 Å². The quantitative estimate of drug-likeness (QED) is 0.675. The summed E-state index contributed by atoms with van der Waals surface area (Å²) in [5, 5.41) is 9.73. The van der Waals surface area contributed by atoms with Crippen molar-refractivity contribution in [2.75, 3.05) is 25.4 Å². The highest BCUT2D eigenvalue weighted by molar-refractivity contribution is 7.89. The molecule has 7 heteroatoms. The number of anilines is 1. The van der Waals surface area contributed by atoms with Crippen molar-refractivity contribution in [3.05, 3.63) is 24.4 Å². The van der Waals surface area contributed by atoms with Crippen LogP contribution < -0.4 is 5.73 Å². The SMILES string of the molecule is CCCCN(CCO)S(=O)(=O)c1c[nH]c2cc(N)ccc12. The Balaban J connectivity index is 2.43. The molecular formula is C14H21N3O3S. The third-order valence-corrected chi connectivity index (χ3v) is 5.33. The fourth-order valence-electron chi connectivity index (χ4n) is 2.27. The minimum absolute atomic E-state index is 0.101. The fourth-order valence-corrected chi connectivity index (χ4v) is 3.90. The number of nitrogens with two attached hydrogens (primary N) is 1. The van der Waals surface area contributed by atoms with Crippen LogP contribution in [0.2, 0.25) is 0 Å². The largest absolute Gasteiger partial charge is 0.399 e. The molecule has 0 saturated heterocycles. The van der Waals surface area contributed by atoms with Crippen LogP contribution in [0.5, 0.6) is 0 Å². The van der Waals surface area contributed by atoms with E-state index in [-0.39, 0.29) is 18.0 Å². The molecule has 0 amide bonds. The van der Waals surface area contributed by atoms with Crippen LogP contribution in [-0.4, -0.2) is 42.5 Å². The molecule has 2 aromatic rings. The number of aliphatic hydroxyl groups is 1. The smallest absolute Gasteiger partial charge is 0.245 e. The number of nitrogens with zero attached hydrogens (tertiary/aromatic N) is 1. The Kier molecular flexibility index (Phi) is 4.87. The summed E-state index contributed by atoms with van der Waals surface area (Å²) in [6, 6.07) is 5.08. The molecule has 0 aliphatic carbocycles. The van der Waals surface area contributed by atoms with E-state index < -0.39 is 10.0 Å². The monoisotopic (exact) mass is 311 g/mol. The van der Waals surface area contributed by atoms with Crippen LogP contribution in [0.15, 0.2) is 29.3 Å². The van der Waals surface area contributed by atoms with Crippen molar-refractivity contribution in [3.8, 4) is 0 Å². The van der Waals surface area contributed by atoms with Gasteiger partial charge in [-0.05, 0) is 24.6 Å². The number of fused-ring (bicyclic) bond motifs is 1. The number of aromatic amines is 1. The maximum absolute atomic E-state index is 12.8. The highest BCUT2D eigenvalue weighted by Crippen LogP contribution is 2.27. The second kappa shape index (κ2) is 6.46. The van der Waals surface area contributed by atoms with Crippen LogP contribution in [0.3, 0.4) is 0 Å². The molecular weight excluding hydrogens is 290 g/mol. The van der Waals surface area contributed by atoms with Crippen LogP contribution in [0.25, 0.3) is 10.9 Å². The lowest BCUT2D eigenvalue weighted by Gasteiger charge is -2.20. The van der Waals surface area contributed by atoms with Crippen molar-refractivity contribution in [2.24, 2.45) is 0 Å². The molecule has 0 saturated carbocycles. The van der Waals surface area contributed by atoms with Crippen molar-refractivity contribution in [1.29, 1.82) is 0 Å². The van der Waals surface area contributed by atoms with Gasteiger partial charge in [0.05, 0.1) is 6.61 Å². The third-order valence-electron chi connectivity index (χ3n) is 3.40. The number of rotatable bonds is 7. The van der Waals surface area contributed by atoms with Gasteiger partial charge in [0.1, 0.15) is 4.90 Å². The molecule has 21 heavy (non-hydrogen) atoms. The van der Waals surface area contributed by atoms with Crippen molar-refractivity contribution in [3.63, 3.8) is 0 Å². The van der Waals surface area contributed by atoms with Crippen LogP contribution in [0, 0.1) is 0 Å². The van der Waals surface area contributed by atoms with Gasteiger partial charge in [0.15, 0.2) is 0 Å². The van der Waals surface area contributed by atoms with Gasteiger partial charge in [-0.25, -0.2) is 8.42 Å². The topological polar surface area (TPSA) is 99.4 Å². The highest BCUT2D eigenvalue weighted by atomic mass is 32.2. The molecule has 1 aromatic heterocycles. The number of aromatic nitrogens is 1. The summed E-state index contributed by atoms with van der Waals surface area (Å²) in [7, 11) is -3.63. The minimum atomic E-state index is -3.63. The maximum Gasteiger partial charge on any atom is 0.245 e. The molecule has 0 radical (unpaired) electrons. The predicted octanol–water partition coefficient (Wildman–Crippen LogP) is 1.53. The Morgan fingerprint density at radius 2 is 2.10 bits per heavy atom. The first-order valence-electron chi connectivity index (χ1n) is 6.98. The minimum Gasteiger partial charge on any atom is -0.399 e. The Morgan fingerprint density at radius 1 is 1.33 bits per heavy atom. The summed E-state index contributed by atoms with van der Waals surface area (Å²) in [6.07, 6.45) is 3.13. The first kappa shape index (κ1) is 15.8. The molecule has 0 atom stereocenters. The molecule has 0 unspecified atom stereocenters. The van der Waals surface area contributed by atoms with Crippen LogP contribution in [-0.2, 0) is 10.0 Å². The number of hydrogen-bond acceptors (Lipinski definition) is 4. The van der Waals surface area contributed by atoms with E-state index in [1.54, 1.807) is 18.2 Å². The number of sulfonamides is 1. The standard InChI is InChI=1S/C14H21N3O3S/c1-2-3-6-17(7-8-18)21(19,20)14-10-16-13-9-11(15)4-5-12(13)14/h4-5,9-10,16,18H,2-3,6-8,15H2,1H3. The summed E-state index contributed by atoms with van der Waals surface area (Å²) >= 11 is 0. The van der Waals surface area contributed by atoms with Crippen LogP contribution in [0.4, 0.5) is 5.69 Å². The number of hydrogen-bond donors (Lipinski definition) is 3. The van der Waals surface area contributed by atoms with E-state index in [0.717, 1.165) is 12.8 Å². The van der Waals surface area contributed by atoms with E-state index in [1.165, 1.54) is 10.5 Å². The number of unbranched alkanes of at least 4 members (excludes halogenated alkanes) is 1. The number of benzene rings is 1. The third kappa shape index (κ3) is 3.20. The van der Waals surface area contributed by atoms with E-state index in [2.05, 4.69) is 4.98 Å². The van der Waals surface area contributed by atoms with Crippen molar-refractivity contribution in [1.82, 2.24) is 9.29 Å². The Bertz CT molecular complexity index is 709. The first-order valence-corrected chi connectivity index (χ1v) is 8.42. The Labute approximate surface area is 124 Å². The van der Waals surface area contributed by atoms with E-state index in [9.17, 15) is 8.42 Å². The lowest BCUT2D eigenvalue weighted by molar-refractivity contribution is 0.252. The molecule has 6 nitrogen and oxygen atoms in total. The van der Waals surface area contributed by atoms with E-state index in [4.69, 9.17) is 10.8 Å². The van der Waals surface area contributed by atoms with Gasteiger partial charge < -0.3 is 15.8 Å². The molecule has 0 aliphatic rings. The molecule has 0 bridgehead atoms. The van der Waals surface area contributed by atoms with Gasteiger partial charge in [-0.3, -0.25) is 0 Å². The Morgan fingerprint density at radius 3 is 2.76 bits per heavy atom. The van der Waals surface area contributed by atoms with E-state index in [1.807, 2.05) is 6.92 Å². The summed E-state index contributed by atoms with van der Waals surface area (Å²) in [6.45, 7) is 2.31. The van der Waals surface area contributed by atoms with Gasteiger partial charge in [-0.15, -0.1) is 0 Å². The average Bonchev–Trinajstić information content (AvgIpc) is 2.86. The van der Waals surface area contributed by atoms with Crippen LogP contribution >= 0.6 is 0 Å². The van der Waals surface area contributed by atoms with Gasteiger partial charge in [0.2, 0.25) is 10.0 Å². The van der Waals surface area contributed by atoms with Gasteiger partial charge in [-0.1, -0.05) is 13.3 Å². The van der Waals surface area contributed by atoms with Gasteiger partial charge in [0.25, 0.3) is 0 Å². The number of H-pyrrole nitrogens is 1. The van der Waals surface area contributed by atoms with Gasteiger partial charge in [-0.2, -0.15) is 4.31 Å².